The SMILES string of the molecule is N#Cc1cc(F)ccc1N1CCCN(C(=O)c2cccs2)CC1. The number of hydrogen-bond donors (Lipinski definition) is 0. The van der Waals surface area contributed by atoms with Crippen LogP contribution in [0, 0.1) is 17.1 Å². The number of amides is 1. The average molecular weight is 329 g/mol. The van der Waals surface area contributed by atoms with E-state index in [1.165, 1.54) is 23.5 Å². The lowest BCUT2D eigenvalue weighted by Crippen LogP contribution is -2.35. The van der Waals surface area contributed by atoms with Crippen LogP contribution in [0.1, 0.15) is 21.7 Å². The first-order valence-electron chi connectivity index (χ1n) is 7.46. The third-order valence-corrected chi connectivity index (χ3v) is 4.79. The summed E-state index contributed by atoms with van der Waals surface area (Å²) in [5, 5.41) is 11.1. The monoisotopic (exact) mass is 329 g/mol. The Morgan fingerprint density at radius 3 is 2.83 bits per heavy atom. The molecule has 0 spiro atoms. The number of halogens is 1. The van der Waals surface area contributed by atoms with Gasteiger partial charge in [-0.05, 0) is 36.1 Å². The van der Waals surface area contributed by atoms with E-state index in [0.29, 0.717) is 25.2 Å². The van der Waals surface area contributed by atoms with Crippen molar-refractivity contribution >= 4 is 22.9 Å². The van der Waals surface area contributed by atoms with Gasteiger partial charge in [0.15, 0.2) is 0 Å². The molecule has 1 aliphatic heterocycles. The van der Waals surface area contributed by atoms with Gasteiger partial charge in [-0.2, -0.15) is 5.26 Å². The van der Waals surface area contributed by atoms with Crippen molar-refractivity contribution in [2.75, 3.05) is 31.1 Å². The van der Waals surface area contributed by atoms with Crippen molar-refractivity contribution in [2.45, 2.75) is 6.42 Å². The first-order chi connectivity index (χ1) is 11.2. The Bertz CT molecular complexity index is 739. The van der Waals surface area contributed by atoms with Crippen LogP contribution in [0.2, 0.25) is 0 Å². The van der Waals surface area contributed by atoms with Crippen molar-refractivity contribution in [3.05, 3.63) is 52.0 Å². The van der Waals surface area contributed by atoms with Gasteiger partial charge in [-0.1, -0.05) is 6.07 Å². The summed E-state index contributed by atoms with van der Waals surface area (Å²) in [5.41, 5.74) is 1.07. The minimum absolute atomic E-state index is 0.0569. The van der Waals surface area contributed by atoms with E-state index in [9.17, 15) is 14.4 Å². The molecule has 1 saturated heterocycles. The van der Waals surface area contributed by atoms with Gasteiger partial charge in [-0.25, -0.2) is 4.39 Å². The Labute approximate surface area is 138 Å². The number of benzene rings is 1. The molecular formula is C17H16FN3OS. The van der Waals surface area contributed by atoms with Crippen LogP contribution < -0.4 is 4.90 Å². The molecule has 23 heavy (non-hydrogen) atoms. The number of rotatable bonds is 2. The molecule has 118 valence electrons. The molecule has 0 radical (unpaired) electrons. The number of carbonyl (C=O) groups is 1. The Kier molecular flexibility index (Phi) is 4.58. The highest BCUT2D eigenvalue weighted by molar-refractivity contribution is 7.12. The van der Waals surface area contributed by atoms with Crippen molar-refractivity contribution in [1.82, 2.24) is 4.90 Å². The fourth-order valence-electron chi connectivity index (χ4n) is 2.79. The molecule has 0 bridgehead atoms. The molecule has 1 aliphatic rings. The summed E-state index contributed by atoms with van der Waals surface area (Å²) < 4.78 is 13.3. The average Bonchev–Trinajstić information content (AvgIpc) is 2.99. The van der Waals surface area contributed by atoms with Crippen LogP contribution in [0.4, 0.5) is 10.1 Å². The van der Waals surface area contributed by atoms with E-state index >= 15 is 0 Å². The zero-order chi connectivity index (χ0) is 16.2. The molecule has 0 atom stereocenters. The van der Waals surface area contributed by atoms with E-state index in [-0.39, 0.29) is 5.91 Å². The molecule has 0 saturated carbocycles. The lowest BCUT2D eigenvalue weighted by atomic mass is 10.1. The number of anilines is 1. The zero-order valence-electron chi connectivity index (χ0n) is 12.5. The second kappa shape index (κ2) is 6.80. The third-order valence-electron chi connectivity index (χ3n) is 3.93. The minimum atomic E-state index is -0.408. The normalized spacial score (nSPS) is 15.1. The summed E-state index contributed by atoms with van der Waals surface area (Å²) >= 11 is 1.45. The van der Waals surface area contributed by atoms with Gasteiger partial charge in [0.25, 0.3) is 5.91 Å². The van der Waals surface area contributed by atoms with Crippen LogP contribution in [-0.2, 0) is 0 Å². The van der Waals surface area contributed by atoms with Gasteiger partial charge in [0.05, 0.1) is 16.1 Å². The molecule has 3 rings (SSSR count). The summed E-state index contributed by atoms with van der Waals surface area (Å²) in [6.45, 7) is 2.67. The van der Waals surface area contributed by atoms with E-state index < -0.39 is 5.82 Å². The summed E-state index contributed by atoms with van der Waals surface area (Å²) in [6, 6.07) is 10.0. The number of thiophene rings is 1. The predicted octanol–water partition coefficient (Wildman–Crippen LogP) is 3.11. The number of nitriles is 1. The van der Waals surface area contributed by atoms with Crippen molar-refractivity contribution in [3.8, 4) is 6.07 Å². The van der Waals surface area contributed by atoms with Gasteiger partial charge in [0.1, 0.15) is 11.9 Å². The van der Waals surface area contributed by atoms with E-state index in [4.69, 9.17) is 0 Å². The van der Waals surface area contributed by atoms with E-state index in [1.807, 2.05) is 28.5 Å². The van der Waals surface area contributed by atoms with Crippen LogP contribution in [0.5, 0.6) is 0 Å². The van der Waals surface area contributed by atoms with Gasteiger partial charge in [-0.15, -0.1) is 11.3 Å². The molecule has 1 amide bonds. The van der Waals surface area contributed by atoms with E-state index in [1.54, 1.807) is 6.07 Å². The summed E-state index contributed by atoms with van der Waals surface area (Å²) in [5.74, 6) is -0.351. The number of hydrogen-bond acceptors (Lipinski definition) is 4. The summed E-state index contributed by atoms with van der Waals surface area (Å²) in [4.78, 5) is 17.1. The van der Waals surface area contributed by atoms with Crippen molar-refractivity contribution in [2.24, 2.45) is 0 Å². The highest BCUT2D eigenvalue weighted by Gasteiger charge is 2.22. The van der Waals surface area contributed by atoms with Crippen molar-refractivity contribution in [1.29, 1.82) is 5.26 Å². The topological polar surface area (TPSA) is 47.3 Å². The standard InChI is InChI=1S/C17H16FN3OS/c18-14-4-5-15(13(11-14)12-19)20-6-2-7-21(9-8-20)17(22)16-3-1-10-23-16/h1,3-5,10-11H,2,6-9H2. The third kappa shape index (κ3) is 3.35. The van der Waals surface area contributed by atoms with Crippen LogP contribution in [-0.4, -0.2) is 37.0 Å². The highest BCUT2D eigenvalue weighted by Crippen LogP contribution is 2.23. The lowest BCUT2D eigenvalue weighted by molar-refractivity contribution is 0.0772. The molecular weight excluding hydrogens is 313 g/mol. The Hall–Kier alpha value is -2.39. The maximum atomic E-state index is 13.3. The van der Waals surface area contributed by atoms with Crippen LogP contribution in [0.3, 0.4) is 0 Å². The molecule has 1 aromatic heterocycles. The van der Waals surface area contributed by atoms with Gasteiger partial charge in [-0.3, -0.25) is 4.79 Å². The fourth-order valence-corrected chi connectivity index (χ4v) is 3.48. The Balaban J connectivity index is 1.74. The zero-order valence-corrected chi connectivity index (χ0v) is 13.4. The highest BCUT2D eigenvalue weighted by atomic mass is 32.1. The molecule has 6 heteroatoms. The Morgan fingerprint density at radius 1 is 1.22 bits per heavy atom. The summed E-state index contributed by atoms with van der Waals surface area (Å²) in [7, 11) is 0. The fraction of sp³-hybridized carbons (Fsp3) is 0.294. The van der Waals surface area contributed by atoms with Gasteiger partial charge in [0, 0.05) is 26.2 Å². The molecule has 2 heterocycles. The molecule has 2 aromatic rings. The molecule has 1 aromatic carbocycles. The van der Waals surface area contributed by atoms with Gasteiger partial charge >= 0.3 is 0 Å². The molecule has 0 unspecified atom stereocenters. The number of nitrogens with zero attached hydrogens (tertiary/aromatic N) is 3. The number of carbonyl (C=O) groups excluding carboxylic acids is 1. The predicted molar refractivity (Wildman–Crippen MR) is 88.2 cm³/mol. The molecule has 0 N–H and O–H groups in total. The maximum Gasteiger partial charge on any atom is 0.263 e. The molecule has 1 fully saturated rings. The Morgan fingerprint density at radius 2 is 2.09 bits per heavy atom. The smallest absolute Gasteiger partial charge is 0.263 e. The van der Waals surface area contributed by atoms with Crippen molar-refractivity contribution < 1.29 is 9.18 Å². The van der Waals surface area contributed by atoms with Crippen LogP contribution in [0.15, 0.2) is 35.7 Å². The maximum absolute atomic E-state index is 13.3. The molecule has 0 aliphatic carbocycles. The van der Waals surface area contributed by atoms with Crippen LogP contribution >= 0.6 is 11.3 Å². The first-order valence-corrected chi connectivity index (χ1v) is 8.34. The quantitative estimate of drug-likeness (QED) is 0.850. The largest absolute Gasteiger partial charge is 0.369 e. The van der Waals surface area contributed by atoms with Crippen LogP contribution in [0.25, 0.3) is 0 Å². The van der Waals surface area contributed by atoms with Gasteiger partial charge in [0.2, 0.25) is 0 Å². The second-order valence-corrected chi connectivity index (χ2v) is 6.33. The van der Waals surface area contributed by atoms with E-state index in [0.717, 1.165) is 23.5 Å². The molecule has 4 nitrogen and oxygen atoms in total. The van der Waals surface area contributed by atoms with Gasteiger partial charge < -0.3 is 9.80 Å². The second-order valence-electron chi connectivity index (χ2n) is 5.38. The first kappa shape index (κ1) is 15.5. The lowest BCUT2D eigenvalue weighted by Gasteiger charge is -2.24. The minimum Gasteiger partial charge on any atom is -0.369 e. The van der Waals surface area contributed by atoms with E-state index in [2.05, 4.69) is 4.90 Å². The van der Waals surface area contributed by atoms with Crippen molar-refractivity contribution in [3.63, 3.8) is 0 Å². The summed E-state index contributed by atoms with van der Waals surface area (Å²) in [6.07, 6.45) is 0.819.